The Morgan fingerprint density at radius 3 is 2.61 bits per heavy atom. The van der Waals surface area contributed by atoms with Crippen molar-refractivity contribution >= 4 is 11.8 Å². The summed E-state index contributed by atoms with van der Waals surface area (Å²) in [5.41, 5.74) is -0.156. The third-order valence-corrected chi connectivity index (χ3v) is 4.92. The van der Waals surface area contributed by atoms with Gasteiger partial charge in [-0.2, -0.15) is 0 Å². The number of hydrogen-bond donors (Lipinski definition) is 0. The van der Waals surface area contributed by atoms with Crippen LogP contribution in [0.4, 0.5) is 0 Å². The predicted octanol–water partition coefficient (Wildman–Crippen LogP) is 2.75. The van der Waals surface area contributed by atoms with E-state index in [0.29, 0.717) is 0 Å². The standard InChI is InChI=1S/C15H22O3/c1-14(2)8-5-9-15(3)11(14)7-6-10(16)12(15)13(17)18-4/h6-7,11-12H,5,8-9H2,1-4H3/t11-,12+,15-/m1/s1. The Balaban J connectivity index is 2.47. The highest BCUT2D eigenvalue weighted by Gasteiger charge is 2.55. The van der Waals surface area contributed by atoms with E-state index < -0.39 is 5.92 Å². The van der Waals surface area contributed by atoms with E-state index in [9.17, 15) is 9.59 Å². The topological polar surface area (TPSA) is 43.4 Å². The first kappa shape index (κ1) is 13.3. The van der Waals surface area contributed by atoms with Crippen molar-refractivity contribution in [2.24, 2.45) is 22.7 Å². The van der Waals surface area contributed by atoms with Gasteiger partial charge in [0.1, 0.15) is 5.92 Å². The molecular weight excluding hydrogens is 228 g/mol. The number of carbonyl (C=O) groups excluding carboxylic acids is 2. The fourth-order valence-corrected chi connectivity index (χ4v) is 4.05. The number of hydrogen-bond acceptors (Lipinski definition) is 3. The van der Waals surface area contributed by atoms with Crippen LogP contribution >= 0.6 is 0 Å². The second kappa shape index (κ2) is 4.22. The monoisotopic (exact) mass is 250 g/mol. The Bertz CT molecular complexity index is 408. The molecule has 3 heteroatoms. The summed E-state index contributed by atoms with van der Waals surface area (Å²) in [6.07, 6.45) is 6.72. The zero-order valence-corrected chi connectivity index (χ0v) is 11.7. The van der Waals surface area contributed by atoms with E-state index in [0.717, 1.165) is 19.3 Å². The van der Waals surface area contributed by atoms with Gasteiger partial charge in [-0.3, -0.25) is 9.59 Å². The molecule has 100 valence electrons. The van der Waals surface area contributed by atoms with Crippen LogP contribution in [0.5, 0.6) is 0 Å². The number of fused-ring (bicyclic) bond motifs is 1. The molecule has 18 heavy (non-hydrogen) atoms. The summed E-state index contributed by atoms with van der Waals surface area (Å²) < 4.78 is 4.85. The number of allylic oxidation sites excluding steroid dienone is 2. The molecule has 0 unspecified atom stereocenters. The molecule has 0 saturated heterocycles. The van der Waals surface area contributed by atoms with Crippen molar-refractivity contribution in [3.8, 4) is 0 Å². The molecule has 0 bridgehead atoms. The third-order valence-electron chi connectivity index (χ3n) is 4.92. The molecule has 0 aliphatic heterocycles. The van der Waals surface area contributed by atoms with Crippen LogP contribution in [0.2, 0.25) is 0 Å². The number of rotatable bonds is 1. The first-order valence-electron chi connectivity index (χ1n) is 6.63. The van der Waals surface area contributed by atoms with Gasteiger partial charge in [0, 0.05) is 0 Å². The molecule has 0 radical (unpaired) electrons. The summed E-state index contributed by atoms with van der Waals surface area (Å²) in [4.78, 5) is 24.0. The van der Waals surface area contributed by atoms with Crippen LogP contribution in [0.1, 0.15) is 40.0 Å². The van der Waals surface area contributed by atoms with E-state index in [-0.39, 0.29) is 28.5 Å². The van der Waals surface area contributed by atoms with Gasteiger partial charge in [-0.15, -0.1) is 0 Å². The Labute approximate surface area is 109 Å². The van der Waals surface area contributed by atoms with Gasteiger partial charge >= 0.3 is 5.97 Å². The molecule has 2 rings (SSSR count). The van der Waals surface area contributed by atoms with Gasteiger partial charge in [0.05, 0.1) is 7.11 Å². The maximum absolute atomic E-state index is 12.1. The van der Waals surface area contributed by atoms with Gasteiger partial charge in [0.2, 0.25) is 0 Å². The fourth-order valence-electron chi connectivity index (χ4n) is 4.05. The van der Waals surface area contributed by atoms with E-state index in [4.69, 9.17) is 4.74 Å². The molecule has 3 nitrogen and oxygen atoms in total. The molecule has 0 aromatic heterocycles. The SMILES string of the molecule is COC(=O)[C@@H]1C(=O)C=C[C@@H]2C(C)(C)CCC[C@@]12C. The Morgan fingerprint density at radius 2 is 2.00 bits per heavy atom. The summed E-state index contributed by atoms with van der Waals surface area (Å²) >= 11 is 0. The van der Waals surface area contributed by atoms with Crippen molar-refractivity contribution < 1.29 is 14.3 Å². The van der Waals surface area contributed by atoms with Gasteiger partial charge in [-0.1, -0.05) is 33.3 Å². The average molecular weight is 250 g/mol. The summed E-state index contributed by atoms with van der Waals surface area (Å²) in [6, 6.07) is 0. The van der Waals surface area contributed by atoms with Crippen molar-refractivity contribution in [2.45, 2.75) is 40.0 Å². The lowest BCUT2D eigenvalue weighted by atomic mass is 9.50. The second-order valence-electron chi connectivity index (χ2n) is 6.54. The lowest BCUT2D eigenvalue weighted by Crippen LogP contribution is -2.52. The Kier molecular flexibility index (Phi) is 3.12. The van der Waals surface area contributed by atoms with Crippen LogP contribution in [0.3, 0.4) is 0 Å². The van der Waals surface area contributed by atoms with Gasteiger partial charge in [-0.05, 0) is 35.7 Å². The highest BCUT2D eigenvalue weighted by molar-refractivity contribution is 6.06. The highest BCUT2D eigenvalue weighted by Crippen LogP contribution is 2.57. The molecule has 0 spiro atoms. The molecule has 0 aromatic carbocycles. The Morgan fingerprint density at radius 1 is 1.33 bits per heavy atom. The molecule has 2 aliphatic carbocycles. The largest absolute Gasteiger partial charge is 0.468 e. The van der Waals surface area contributed by atoms with E-state index in [1.807, 2.05) is 6.08 Å². The Hall–Kier alpha value is -1.12. The fraction of sp³-hybridized carbons (Fsp3) is 0.733. The second-order valence-corrected chi connectivity index (χ2v) is 6.54. The van der Waals surface area contributed by atoms with Crippen molar-refractivity contribution in [3.05, 3.63) is 12.2 Å². The van der Waals surface area contributed by atoms with Crippen LogP contribution in [0, 0.1) is 22.7 Å². The van der Waals surface area contributed by atoms with Gasteiger partial charge in [0.25, 0.3) is 0 Å². The van der Waals surface area contributed by atoms with Crippen LogP contribution in [-0.4, -0.2) is 18.9 Å². The first-order valence-corrected chi connectivity index (χ1v) is 6.63. The average Bonchev–Trinajstić information content (AvgIpc) is 2.26. The summed E-state index contributed by atoms with van der Waals surface area (Å²) in [6.45, 7) is 6.52. The van der Waals surface area contributed by atoms with Crippen molar-refractivity contribution in [1.29, 1.82) is 0 Å². The zero-order chi connectivity index (χ0) is 13.6. The molecular formula is C15H22O3. The minimum Gasteiger partial charge on any atom is -0.468 e. The lowest BCUT2D eigenvalue weighted by Gasteiger charge is -2.53. The van der Waals surface area contributed by atoms with Crippen LogP contribution < -0.4 is 0 Å². The van der Waals surface area contributed by atoms with Crippen LogP contribution in [0.15, 0.2) is 12.2 Å². The number of methoxy groups -OCH3 is 1. The first-order chi connectivity index (χ1) is 8.33. The summed E-state index contributed by atoms with van der Waals surface area (Å²) in [7, 11) is 1.36. The summed E-state index contributed by atoms with van der Waals surface area (Å²) in [5.74, 6) is -0.842. The van der Waals surface area contributed by atoms with Gasteiger partial charge in [0.15, 0.2) is 5.78 Å². The number of carbonyl (C=O) groups is 2. The normalized spacial score (nSPS) is 38.1. The molecule has 0 amide bonds. The quantitative estimate of drug-likeness (QED) is 0.531. The van der Waals surface area contributed by atoms with Crippen molar-refractivity contribution in [3.63, 3.8) is 0 Å². The minimum atomic E-state index is -0.628. The summed E-state index contributed by atoms with van der Waals surface area (Å²) in [5, 5.41) is 0. The predicted molar refractivity (Wildman–Crippen MR) is 68.9 cm³/mol. The van der Waals surface area contributed by atoms with Crippen LogP contribution in [-0.2, 0) is 14.3 Å². The van der Waals surface area contributed by atoms with Crippen molar-refractivity contribution in [2.75, 3.05) is 7.11 Å². The molecule has 2 aliphatic rings. The molecule has 0 heterocycles. The molecule has 1 saturated carbocycles. The third kappa shape index (κ3) is 1.80. The number of ether oxygens (including phenoxy) is 1. The molecule has 0 aromatic rings. The molecule has 0 N–H and O–H groups in total. The maximum Gasteiger partial charge on any atom is 0.317 e. The van der Waals surface area contributed by atoms with E-state index in [1.165, 1.54) is 7.11 Å². The van der Waals surface area contributed by atoms with E-state index in [2.05, 4.69) is 20.8 Å². The zero-order valence-electron chi connectivity index (χ0n) is 11.7. The molecule has 1 fully saturated rings. The highest BCUT2D eigenvalue weighted by atomic mass is 16.5. The lowest BCUT2D eigenvalue weighted by molar-refractivity contribution is -0.159. The molecule has 3 atom stereocenters. The number of esters is 1. The van der Waals surface area contributed by atoms with Gasteiger partial charge < -0.3 is 4.74 Å². The number of ketones is 1. The maximum atomic E-state index is 12.1. The van der Waals surface area contributed by atoms with E-state index in [1.54, 1.807) is 6.08 Å². The minimum absolute atomic E-state index is 0.0988. The van der Waals surface area contributed by atoms with Crippen LogP contribution in [0.25, 0.3) is 0 Å². The van der Waals surface area contributed by atoms with E-state index >= 15 is 0 Å². The smallest absolute Gasteiger partial charge is 0.317 e. The van der Waals surface area contributed by atoms with Gasteiger partial charge in [-0.25, -0.2) is 0 Å². The van der Waals surface area contributed by atoms with Crippen molar-refractivity contribution in [1.82, 2.24) is 0 Å².